The van der Waals surface area contributed by atoms with E-state index in [-0.39, 0.29) is 84.9 Å². The summed E-state index contributed by atoms with van der Waals surface area (Å²) in [5.74, 6) is -25.6. The van der Waals surface area contributed by atoms with Gasteiger partial charge in [-0.2, -0.15) is 57.5 Å². The van der Waals surface area contributed by atoms with Crippen LogP contribution < -0.4 is 42.5 Å². The van der Waals surface area contributed by atoms with Crippen LogP contribution in [0.15, 0.2) is 43.0 Å². The first-order chi connectivity index (χ1) is 60.8. The maximum Gasteiger partial charge on any atom is 0.460 e. The van der Waals surface area contributed by atoms with Gasteiger partial charge in [0.05, 0.1) is 71.7 Å². The highest BCUT2D eigenvalue weighted by Crippen LogP contribution is 2.53. The molecule has 0 bridgehead atoms. The zero-order valence-electron chi connectivity index (χ0n) is 78.6. The van der Waals surface area contributed by atoms with Crippen LogP contribution in [-0.2, 0) is 74.2 Å². The van der Waals surface area contributed by atoms with E-state index in [0.717, 1.165) is 37.6 Å². The van der Waals surface area contributed by atoms with Crippen LogP contribution in [0.5, 0.6) is 0 Å². The fraction of sp³-hybridized carbons (Fsp3) is 0.747. The van der Waals surface area contributed by atoms with Gasteiger partial charge in [-0.05, 0) is 31.2 Å². The van der Waals surface area contributed by atoms with E-state index in [4.69, 9.17) is 71.6 Å². The summed E-state index contributed by atoms with van der Waals surface area (Å²) in [6, 6.07) is 9.45. The molecule has 8 atom stereocenters. The average molecular weight is 1990 g/mol. The van der Waals surface area contributed by atoms with Crippen LogP contribution in [0.3, 0.4) is 0 Å². The van der Waals surface area contributed by atoms with Crippen molar-refractivity contribution >= 4 is 75.5 Å². The fourth-order valence-electron chi connectivity index (χ4n) is 8.05. The number of amides is 8. The Morgan fingerprint density at radius 2 is 0.657 bits per heavy atom. The molecule has 8 unspecified atom stereocenters. The van der Waals surface area contributed by atoms with E-state index in [1.165, 1.54) is 19.9 Å². The molecule has 0 spiro atoms. The molecule has 27 N–H and O–H groups in total. The number of benzene rings is 1. The summed E-state index contributed by atoms with van der Waals surface area (Å²) in [6.45, 7) is 26.2. The van der Waals surface area contributed by atoms with Crippen molar-refractivity contribution in [1.82, 2.24) is 42.5 Å². The number of terminal acetylenes is 1. The average Bonchev–Trinajstić information content (AvgIpc) is 0.742. The Bertz CT molecular complexity index is 3780. The second kappa shape index (κ2) is 67.5. The molecule has 8 amide bonds. The van der Waals surface area contributed by atoms with Gasteiger partial charge in [0.15, 0.2) is 0 Å². The molecule has 0 aliphatic heterocycles. The molecule has 784 valence electrons. The van der Waals surface area contributed by atoms with E-state index in [9.17, 15) is 137 Å². The van der Waals surface area contributed by atoms with Crippen LogP contribution in [0.1, 0.15) is 175 Å². The fourth-order valence-corrected chi connectivity index (χ4v) is 8.41. The number of rotatable bonds is 49. The summed E-state index contributed by atoms with van der Waals surface area (Å²) >= 11 is 0. The van der Waals surface area contributed by atoms with Crippen molar-refractivity contribution in [3.63, 3.8) is 0 Å². The third-order valence-electron chi connectivity index (χ3n) is 18.7. The van der Waals surface area contributed by atoms with Gasteiger partial charge in [-0.25, -0.2) is 0 Å². The summed E-state index contributed by atoms with van der Waals surface area (Å²) in [5.41, 5.74) is -6.71. The molecular weight excluding hydrogens is 1840 g/mol. The molecular formula is C83H145F9N8O33S. The third-order valence-corrected chi connectivity index (χ3v) is 19.4. The number of unbranched alkanes of at least 4 members (excludes halogenated alkanes) is 3. The molecule has 0 aromatic heterocycles. The minimum absolute atomic E-state index is 0.0280. The Labute approximate surface area is 774 Å². The summed E-state index contributed by atoms with van der Waals surface area (Å²) in [4.78, 5) is 128. The number of aliphatic carboxylic acids is 2. The Morgan fingerprint density at radius 1 is 0.396 bits per heavy atom. The molecule has 0 aliphatic carbocycles. The van der Waals surface area contributed by atoms with Crippen LogP contribution in [-0.4, -0.2) is 347 Å². The second-order valence-corrected chi connectivity index (χ2v) is 36.8. The van der Waals surface area contributed by atoms with Crippen LogP contribution in [0.25, 0.3) is 0 Å². The molecule has 0 radical (unpaired) electrons. The first-order valence-electron chi connectivity index (χ1n) is 41.0. The Kier molecular flexibility index (Phi) is 70.8. The number of aliphatic hydroxyl groups excluding tert-OH is 16. The van der Waals surface area contributed by atoms with Gasteiger partial charge < -0.3 is 134 Å². The van der Waals surface area contributed by atoms with Gasteiger partial charge in [-0.15, -0.1) is 13.0 Å². The Balaban J connectivity index is -0.000000226. The van der Waals surface area contributed by atoms with Crippen molar-refractivity contribution in [1.29, 1.82) is 0 Å². The number of aliphatic hydroxyl groups is 16. The molecule has 51 heteroatoms. The van der Waals surface area contributed by atoms with Gasteiger partial charge >= 0.3 is 42.0 Å². The molecule has 0 aliphatic rings. The van der Waals surface area contributed by atoms with Gasteiger partial charge in [0, 0.05) is 95.4 Å². The molecule has 1 rings (SSSR count). The van der Waals surface area contributed by atoms with Gasteiger partial charge in [0.1, 0.15) is 48.8 Å². The minimum atomic E-state index is -7.06. The summed E-state index contributed by atoms with van der Waals surface area (Å²) in [5, 5.41) is 183. The molecule has 41 nitrogen and oxygen atoms in total. The zero-order chi connectivity index (χ0) is 107. The second-order valence-electron chi connectivity index (χ2n) is 35.2. The number of carboxylic acid groups (broad SMARTS) is 2. The maximum atomic E-state index is 13.2. The molecule has 0 saturated heterocycles. The third kappa shape index (κ3) is 58.6. The highest BCUT2D eigenvalue weighted by molar-refractivity contribution is 7.85. The van der Waals surface area contributed by atoms with Gasteiger partial charge in [-0.1, -0.05) is 173 Å². The molecule has 0 fully saturated rings. The lowest BCUT2D eigenvalue weighted by Crippen LogP contribution is -2.64. The number of hydrogen-bond acceptors (Lipinski definition) is 30. The van der Waals surface area contributed by atoms with E-state index < -0.39 is 204 Å². The standard InChI is InChI=1S/C13H19NO3.C12H23NO5.C11H14F9NO3.C10H19NO5.C10H21NO3.C9H17NO3.C9H15NO3.C8H17NO6S.CO2/c1-13(2,9-15)11(16)12(17)14-8-10-6-4-3-5-7-10;1-12(2,8-14)10(17)11(18)13-7-5-3-4-6-9(15)16;1-7(2,4-22)5(23)6(24)21-3-8(12,13)9(14,15)10(16,17)11(18,19)20;1-10(2,6-12)8(15)9(16)11-5-3-4-7(13)14;1-4-5-6-11-9(14)8(13)10(2,3)7-12;2*1-4-5-10-8(13)7(12)9(2,3)6-11;1-8(2,5-10)6(11)7(12)9-3-4-16(13,14)15;2-1-3/h3-7,11,15-16H,8-9H2,1-2H3,(H,14,17);10,14,17H,3-8H2,1-2H3,(H,13,18)(H,15,16);5,22-23H,3-4H2,1-2H3,(H,21,24);8,12,15H,3-6H2,1-2H3,(H,11,16)(H,13,14);8,12-13H,4-7H2,1-3H3,(H,11,14);4,7,11-12H,1,5-6H2,2-3H3,(H,10,13);1,7,11-12H,5-6H2,2-3H3,(H,10,13);6,10-11H,3-5H2,1-2H3,(H,9,12)(H,13,14,15);. The van der Waals surface area contributed by atoms with Crippen LogP contribution in [0.4, 0.5) is 39.5 Å². The normalized spacial score (nSPS) is 13.7. The van der Waals surface area contributed by atoms with Crippen molar-refractivity contribution in [2.24, 2.45) is 43.3 Å². The van der Waals surface area contributed by atoms with Crippen LogP contribution in [0, 0.1) is 55.7 Å². The number of nitrogens with one attached hydrogen (secondary N) is 8. The lowest BCUT2D eigenvalue weighted by Gasteiger charge is -2.34. The van der Waals surface area contributed by atoms with Gasteiger partial charge in [-0.3, -0.25) is 52.5 Å². The SMILES string of the molecule is C#CCNC(=O)C(O)C(C)(C)CO.C=CCNC(=O)C(O)C(C)(C)CO.CC(C)(CO)C(O)C(=O)NCC(F)(F)C(F)(F)C(F)(F)C(F)(F)F.CC(C)(CO)C(O)C(=O)NCCCC(=O)O.CC(C)(CO)C(O)C(=O)NCCCCCC(=O)O.CC(C)(CO)C(O)C(=O)NCCS(=O)(=O)O.CC(C)(CO)C(O)C(=O)NCc1ccccc1.CCCCNC(=O)C(O)C(C)(C)CO.O=C=O. The van der Waals surface area contributed by atoms with Crippen molar-refractivity contribution in [2.45, 2.75) is 248 Å². The largest absolute Gasteiger partial charge is 0.481 e. The van der Waals surface area contributed by atoms with E-state index >= 15 is 0 Å². The minimum Gasteiger partial charge on any atom is -0.481 e. The Morgan fingerprint density at radius 3 is 0.925 bits per heavy atom. The van der Waals surface area contributed by atoms with Crippen molar-refractivity contribution in [3.05, 3.63) is 48.6 Å². The first kappa shape index (κ1) is 141. The van der Waals surface area contributed by atoms with E-state index in [2.05, 4.69) is 49.7 Å². The quantitative estimate of drug-likeness (QED) is 0.0122. The van der Waals surface area contributed by atoms with Crippen molar-refractivity contribution in [2.75, 3.05) is 104 Å². The predicted molar refractivity (Wildman–Crippen MR) is 464 cm³/mol. The predicted octanol–water partition coefficient (Wildman–Crippen LogP) is -1.04. The molecule has 0 heterocycles. The monoisotopic (exact) mass is 1980 g/mol. The van der Waals surface area contributed by atoms with E-state index in [0.29, 0.717) is 51.9 Å². The highest BCUT2D eigenvalue weighted by Gasteiger charge is 2.81. The molecule has 1 aromatic rings. The van der Waals surface area contributed by atoms with E-state index in [1.54, 1.807) is 83.1 Å². The molecule has 1 aromatic carbocycles. The summed E-state index contributed by atoms with van der Waals surface area (Å²) in [7, 11) is -4.13. The molecule has 134 heavy (non-hydrogen) atoms. The van der Waals surface area contributed by atoms with E-state index in [1.807, 2.05) is 37.3 Å². The van der Waals surface area contributed by atoms with Crippen LogP contribution >= 0.6 is 0 Å². The summed E-state index contributed by atoms with van der Waals surface area (Å²) in [6.07, 6.45) is -6.99. The number of halogens is 9. The zero-order valence-corrected chi connectivity index (χ0v) is 79.4. The van der Waals surface area contributed by atoms with Crippen molar-refractivity contribution in [3.8, 4) is 12.3 Å². The smallest absolute Gasteiger partial charge is 0.460 e. The lowest BCUT2D eigenvalue weighted by molar-refractivity contribution is -0.394. The lowest BCUT2D eigenvalue weighted by atomic mass is 9.87. The number of carboxylic acids is 2. The number of alkyl halides is 9. The van der Waals surface area contributed by atoms with Crippen molar-refractivity contribution < 1.29 is 202 Å². The first-order valence-corrected chi connectivity index (χ1v) is 42.6. The number of carbonyl (C=O) groups is 10. The number of carbonyl (C=O) groups excluding carboxylic acids is 10. The number of hydrogen-bond donors (Lipinski definition) is 27. The van der Waals surface area contributed by atoms with Gasteiger partial charge in [0.25, 0.3) is 10.1 Å². The highest BCUT2D eigenvalue weighted by atomic mass is 32.2. The van der Waals surface area contributed by atoms with Crippen LogP contribution in [0.2, 0.25) is 0 Å². The summed E-state index contributed by atoms with van der Waals surface area (Å²) < 4.78 is 142. The Hall–Kier alpha value is -8.76. The maximum absolute atomic E-state index is 13.2. The van der Waals surface area contributed by atoms with Gasteiger partial charge in [0.2, 0.25) is 47.3 Å². The molecule has 0 saturated carbocycles. The topological polar surface area (TPSA) is 720 Å².